The minimum absolute atomic E-state index is 0.0413. The predicted octanol–water partition coefficient (Wildman–Crippen LogP) is 2.80. The zero-order chi connectivity index (χ0) is 15.1. The van der Waals surface area contributed by atoms with Crippen LogP contribution in [0.15, 0.2) is 24.3 Å². The van der Waals surface area contributed by atoms with Crippen molar-refractivity contribution in [2.24, 2.45) is 0 Å². The van der Waals surface area contributed by atoms with Gasteiger partial charge < -0.3 is 10.6 Å². The molecule has 1 aliphatic carbocycles. The first-order chi connectivity index (χ1) is 10.2. The Bertz CT molecular complexity index is 470. The highest BCUT2D eigenvalue weighted by atomic mass is 19.1. The molecule has 4 heteroatoms. The van der Waals surface area contributed by atoms with Crippen molar-refractivity contribution in [1.29, 1.82) is 0 Å². The highest BCUT2D eigenvalue weighted by molar-refractivity contribution is 5.77. The molecule has 0 radical (unpaired) electrons. The van der Waals surface area contributed by atoms with Crippen LogP contribution in [0.5, 0.6) is 0 Å². The Labute approximate surface area is 126 Å². The first-order valence-corrected chi connectivity index (χ1v) is 7.84. The fraction of sp³-hybridized carbons (Fsp3) is 0.588. The van der Waals surface area contributed by atoms with Crippen molar-refractivity contribution in [2.45, 2.75) is 50.5 Å². The first kappa shape index (κ1) is 16.0. The van der Waals surface area contributed by atoms with E-state index < -0.39 is 0 Å². The smallest absolute Gasteiger partial charge is 0.221 e. The van der Waals surface area contributed by atoms with E-state index in [1.54, 1.807) is 12.1 Å². The summed E-state index contributed by atoms with van der Waals surface area (Å²) in [6.45, 7) is 0.486. The molecule has 0 spiro atoms. The maximum Gasteiger partial charge on any atom is 0.221 e. The molecule has 0 bridgehead atoms. The largest absolute Gasteiger partial charge is 0.356 e. The Balaban J connectivity index is 1.78. The number of amides is 1. The standard InChI is InChI=1S/C17H25FN2O/c1-19-17(10-5-2-6-11-17)13-16(21)20-12-9-14-7-3-4-8-15(14)18/h3-4,7-8,19H,2,5-6,9-13H2,1H3,(H,20,21). The molecule has 1 fully saturated rings. The van der Waals surface area contributed by atoms with Gasteiger partial charge in [-0.25, -0.2) is 4.39 Å². The Kier molecular flexibility index (Phi) is 5.74. The van der Waals surface area contributed by atoms with Crippen molar-refractivity contribution in [3.05, 3.63) is 35.6 Å². The Hall–Kier alpha value is -1.42. The lowest BCUT2D eigenvalue weighted by Crippen LogP contribution is -2.48. The van der Waals surface area contributed by atoms with Crippen LogP contribution in [-0.2, 0) is 11.2 Å². The summed E-state index contributed by atoms with van der Waals surface area (Å²) in [6, 6.07) is 6.71. The van der Waals surface area contributed by atoms with Crippen LogP contribution in [0.3, 0.4) is 0 Å². The molecule has 0 unspecified atom stereocenters. The minimum Gasteiger partial charge on any atom is -0.356 e. The molecule has 0 atom stereocenters. The van der Waals surface area contributed by atoms with E-state index in [0.29, 0.717) is 24.9 Å². The molecule has 1 aliphatic rings. The molecule has 1 saturated carbocycles. The van der Waals surface area contributed by atoms with E-state index >= 15 is 0 Å². The van der Waals surface area contributed by atoms with Crippen LogP contribution < -0.4 is 10.6 Å². The van der Waals surface area contributed by atoms with Crippen molar-refractivity contribution in [1.82, 2.24) is 10.6 Å². The van der Waals surface area contributed by atoms with Gasteiger partial charge in [-0.05, 0) is 37.9 Å². The molecule has 2 rings (SSSR count). The number of nitrogens with one attached hydrogen (secondary N) is 2. The van der Waals surface area contributed by atoms with Gasteiger partial charge in [-0.1, -0.05) is 37.5 Å². The van der Waals surface area contributed by atoms with E-state index in [1.807, 2.05) is 13.1 Å². The fourth-order valence-electron chi connectivity index (χ4n) is 3.15. The summed E-state index contributed by atoms with van der Waals surface area (Å²) in [5.74, 6) is -0.145. The molecule has 116 valence electrons. The van der Waals surface area contributed by atoms with Crippen LogP contribution in [0.4, 0.5) is 4.39 Å². The first-order valence-electron chi connectivity index (χ1n) is 7.84. The van der Waals surface area contributed by atoms with Crippen LogP contribution in [0.1, 0.15) is 44.1 Å². The number of benzene rings is 1. The average molecular weight is 292 g/mol. The van der Waals surface area contributed by atoms with E-state index in [0.717, 1.165) is 12.8 Å². The maximum absolute atomic E-state index is 13.5. The fourth-order valence-corrected chi connectivity index (χ4v) is 3.15. The van der Waals surface area contributed by atoms with Gasteiger partial charge in [0.1, 0.15) is 5.82 Å². The summed E-state index contributed by atoms with van der Waals surface area (Å²) in [7, 11) is 1.94. The van der Waals surface area contributed by atoms with Gasteiger partial charge in [-0.3, -0.25) is 4.79 Å². The number of carbonyl (C=O) groups is 1. The monoisotopic (exact) mass is 292 g/mol. The van der Waals surface area contributed by atoms with Crippen LogP contribution in [0.2, 0.25) is 0 Å². The average Bonchev–Trinajstić information content (AvgIpc) is 2.50. The zero-order valence-electron chi connectivity index (χ0n) is 12.8. The van der Waals surface area contributed by atoms with Crippen LogP contribution in [0.25, 0.3) is 0 Å². The topological polar surface area (TPSA) is 41.1 Å². The van der Waals surface area contributed by atoms with Crippen molar-refractivity contribution >= 4 is 5.91 Å². The quantitative estimate of drug-likeness (QED) is 0.846. The van der Waals surface area contributed by atoms with Gasteiger partial charge in [0.2, 0.25) is 5.91 Å². The van der Waals surface area contributed by atoms with Gasteiger partial charge in [0.15, 0.2) is 0 Å². The van der Waals surface area contributed by atoms with E-state index in [1.165, 1.54) is 25.3 Å². The second-order valence-corrected chi connectivity index (χ2v) is 5.96. The molecular formula is C17H25FN2O. The summed E-state index contributed by atoms with van der Waals surface area (Å²) in [6.07, 6.45) is 6.80. The lowest BCUT2D eigenvalue weighted by molar-refractivity contribution is -0.122. The van der Waals surface area contributed by atoms with Gasteiger partial charge >= 0.3 is 0 Å². The summed E-state index contributed by atoms with van der Waals surface area (Å²) >= 11 is 0. The summed E-state index contributed by atoms with van der Waals surface area (Å²) in [5.41, 5.74) is 0.610. The highest BCUT2D eigenvalue weighted by Crippen LogP contribution is 2.30. The number of halogens is 1. The number of hydrogen-bond acceptors (Lipinski definition) is 2. The Morgan fingerprint density at radius 1 is 1.24 bits per heavy atom. The molecule has 2 N–H and O–H groups in total. The lowest BCUT2D eigenvalue weighted by atomic mass is 9.79. The molecule has 0 aromatic heterocycles. The third-order valence-electron chi connectivity index (χ3n) is 4.51. The predicted molar refractivity (Wildman–Crippen MR) is 82.6 cm³/mol. The third kappa shape index (κ3) is 4.53. The van der Waals surface area contributed by atoms with Crippen molar-refractivity contribution < 1.29 is 9.18 Å². The van der Waals surface area contributed by atoms with Gasteiger partial charge in [0.05, 0.1) is 0 Å². The van der Waals surface area contributed by atoms with E-state index in [2.05, 4.69) is 10.6 Å². The minimum atomic E-state index is -0.203. The molecule has 0 aliphatic heterocycles. The van der Waals surface area contributed by atoms with E-state index in [-0.39, 0.29) is 17.3 Å². The number of hydrogen-bond donors (Lipinski definition) is 2. The van der Waals surface area contributed by atoms with Crippen molar-refractivity contribution in [2.75, 3.05) is 13.6 Å². The summed E-state index contributed by atoms with van der Waals surface area (Å²) < 4.78 is 13.5. The number of carbonyl (C=O) groups excluding carboxylic acids is 1. The molecule has 1 aromatic carbocycles. The second kappa shape index (κ2) is 7.55. The second-order valence-electron chi connectivity index (χ2n) is 5.96. The Morgan fingerprint density at radius 3 is 2.62 bits per heavy atom. The molecular weight excluding hydrogens is 267 g/mol. The van der Waals surface area contributed by atoms with Crippen molar-refractivity contribution in [3.8, 4) is 0 Å². The van der Waals surface area contributed by atoms with Crippen LogP contribution in [-0.4, -0.2) is 25.0 Å². The summed E-state index contributed by atoms with van der Waals surface area (Å²) in [5, 5.41) is 6.26. The van der Waals surface area contributed by atoms with Gasteiger partial charge in [-0.15, -0.1) is 0 Å². The Morgan fingerprint density at radius 2 is 1.95 bits per heavy atom. The summed E-state index contributed by atoms with van der Waals surface area (Å²) in [4.78, 5) is 12.1. The molecule has 0 heterocycles. The van der Waals surface area contributed by atoms with E-state index in [9.17, 15) is 9.18 Å². The highest BCUT2D eigenvalue weighted by Gasteiger charge is 2.32. The van der Waals surface area contributed by atoms with Gasteiger partial charge in [0, 0.05) is 18.5 Å². The molecule has 1 aromatic rings. The molecule has 21 heavy (non-hydrogen) atoms. The van der Waals surface area contributed by atoms with Gasteiger partial charge in [-0.2, -0.15) is 0 Å². The molecule has 1 amide bonds. The van der Waals surface area contributed by atoms with Crippen LogP contribution >= 0.6 is 0 Å². The third-order valence-corrected chi connectivity index (χ3v) is 4.51. The lowest BCUT2D eigenvalue weighted by Gasteiger charge is -2.36. The normalized spacial score (nSPS) is 17.4. The van der Waals surface area contributed by atoms with Crippen molar-refractivity contribution in [3.63, 3.8) is 0 Å². The maximum atomic E-state index is 13.5. The number of rotatable bonds is 6. The zero-order valence-corrected chi connectivity index (χ0v) is 12.8. The van der Waals surface area contributed by atoms with Crippen LogP contribution in [0, 0.1) is 5.82 Å². The van der Waals surface area contributed by atoms with E-state index in [4.69, 9.17) is 0 Å². The molecule has 3 nitrogen and oxygen atoms in total. The van der Waals surface area contributed by atoms with Gasteiger partial charge in [0.25, 0.3) is 0 Å². The SMILES string of the molecule is CNC1(CC(=O)NCCc2ccccc2F)CCCCC1. The molecule has 0 saturated heterocycles.